The molecule has 21 heavy (non-hydrogen) atoms. The highest BCUT2D eigenvalue weighted by atomic mass is 19.4. The number of pyridine rings is 1. The van der Waals surface area contributed by atoms with Crippen LogP contribution in [0.2, 0.25) is 0 Å². The number of carboxylic acids is 1. The molecule has 1 rings (SSSR count). The van der Waals surface area contributed by atoms with Crippen LogP contribution in [0.3, 0.4) is 0 Å². The predicted octanol–water partition coefficient (Wildman–Crippen LogP) is 1.87. The number of halogens is 3. The molecule has 1 heterocycles. The van der Waals surface area contributed by atoms with Gasteiger partial charge < -0.3 is 15.3 Å². The third-order valence-corrected chi connectivity index (χ3v) is 2.56. The van der Waals surface area contributed by atoms with E-state index in [1.165, 1.54) is 25.4 Å². The largest absolute Gasteiger partial charge is 0.477 e. The summed E-state index contributed by atoms with van der Waals surface area (Å²) in [6, 6.07) is 2.09. The molecular weight excluding hydrogens is 291 g/mol. The van der Waals surface area contributed by atoms with E-state index in [1.54, 1.807) is 0 Å². The number of carboxylic acid groups (broad SMARTS) is 1. The van der Waals surface area contributed by atoms with E-state index in [2.05, 4.69) is 10.3 Å². The van der Waals surface area contributed by atoms with Crippen LogP contribution in [0.1, 0.15) is 22.5 Å². The number of rotatable bonds is 5. The number of nitrogens with zero attached hydrogens (tertiary/aromatic N) is 2. The average molecular weight is 305 g/mol. The quantitative estimate of drug-likeness (QED) is 0.870. The van der Waals surface area contributed by atoms with E-state index < -0.39 is 31.1 Å². The standard InChI is InChI=1S/C12H14F3N3O3/c1-18(5-4-12(13,14)15)11(21)17-7-8-2-3-9(10(19)20)16-6-8/h2-3,6H,4-5,7H2,1H3,(H,17,21)(H,19,20). The summed E-state index contributed by atoms with van der Waals surface area (Å²) < 4.78 is 36.1. The Labute approximate surface area is 118 Å². The summed E-state index contributed by atoms with van der Waals surface area (Å²) in [6.07, 6.45) is -4.11. The zero-order valence-electron chi connectivity index (χ0n) is 11.1. The van der Waals surface area contributed by atoms with Crippen molar-refractivity contribution in [3.05, 3.63) is 29.6 Å². The van der Waals surface area contributed by atoms with Crippen LogP contribution < -0.4 is 5.32 Å². The summed E-state index contributed by atoms with van der Waals surface area (Å²) in [4.78, 5) is 26.7. The maximum atomic E-state index is 12.0. The van der Waals surface area contributed by atoms with Gasteiger partial charge in [0.2, 0.25) is 0 Å². The van der Waals surface area contributed by atoms with Crippen LogP contribution in [-0.2, 0) is 6.54 Å². The Morgan fingerprint density at radius 2 is 2.05 bits per heavy atom. The maximum Gasteiger partial charge on any atom is 0.390 e. The first kappa shape index (κ1) is 16.7. The zero-order chi connectivity index (χ0) is 16.0. The number of urea groups is 1. The van der Waals surface area contributed by atoms with Crippen molar-refractivity contribution in [1.29, 1.82) is 0 Å². The zero-order valence-corrected chi connectivity index (χ0v) is 11.1. The highest BCUT2D eigenvalue weighted by molar-refractivity contribution is 5.85. The third-order valence-electron chi connectivity index (χ3n) is 2.56. The molecule has 0 aliphatic heterocycles. The minimum absolute atomic E-state index is 0.0437. The normalized spacial score (nSPS) is 11.0. The fourth-order valence-electron chi connectivity index (χ4n) is 1.36. The van der Waals surface area contributed by atoms with Gasteiger partial charge in [0.1, 0.15) is 5.69 Å². The Morgan fingerprint density at radius 3 is 2.52 bits per heavy atom. The Bertz CT molecular complexity index is 503. The molecule has 0 saturated carbocycles. The van der Waals surface area contributed by atoms with Gasteiger partial charge in [-0.3, -0.25) is 0 Å². The van der Waals surface area contributed by atoms with Crippen LogP contribution in [0.5, 0.6) is 0 Å². The third kappa shape index (κ3) is 6.11. The second-order valence-corrected chi connectivity index (χ2v) is 4.30. The lowest BCUT2D eigenvalue weighted by Crippen LogP contribution is -2.38. The van der Waals surface area contributed by atoms with Gasteiger partial charge in [-0.2, -0.15) is 13.2 Å². The second-order valence-electron chi connectivity index (χ2n) is 4.30. The fraction of sp³-hybridized carbons (Fsp3) is 0.417. The molecule has 0 aliphatic rings. The van der Waals surface area contributed by atoms with Crippen molar-refractivity contribution in [1.82, 2.24) is 15.2 Å². The minimum atomic E-state index is -4.31. The molecule has 2 amide bonds. The lowest BCUT2D eigenvalue weighted by Gasteiger charge is -2.18. The van der Waals surface area contributed by atoms with E-state index in [9.17, 15) is 22.8 Å². The van der Waals surface area contributed by atoms with Gasteiger partial charge in [0.15, 0.2) is 0 Å². The monoisotopic (exact) mass is 305 g/mol. The molecule has 0 fully saturated rings. The van der Waals surface area contributed by atoms with Gasteiger partial charge in [-0.1, -0.05) is 6.07 Å². The number of amides is 2. The maximum absolute atomic E-state index is 12.0. The number of alkyl halides is 3. The second kappa shape index (κ2) is 6.91. The molecule has 1 aromatic heterocycles. The summed E-state index contributed by atoms with van der Waals surface area (Å²) in [5.41, 5.74) is 0.407. The first-order valence-corrected chi connectivity index (χ1v) is 5.93. The summed E-state index contributed by atoms with van der Waals surface area (Å²) in [6.45, 7) is -0.395. The van der Waals surface area contributed by atoms with E-state index in [4.69, 9.17) is 5.11 Å². The average Bonchev–Trinajstić information content (AvgIpc) is 2.41. The highest BCUT2D eigenvalue weighted by Crippen LogP contribution is 2.19. The van der Waals surface area contributed by atoms with Crippen molar-refractivity contribution in [3.63, 3.8) is 0 Å². The van der Waals surface area contributed by atoms with E-state index >= 15 is 0 Å². The number of aromatic nitrogens is 1. The lowest BCUT2D eigenvalue weighted by molar-refractivity contribution is -0.136. The number of nitrogens with one attached hydrogen (secondary N) is 1. The molecule has 0 unspecified atom stereocenters. The molecule has 0 bridgehead atoms. The molecule has 0 aromatic carbocycles. The van der Waals surface area contributed by atoms with Crippen molar-refractivity contribution in [2.45, 2.75) is 19.1 Å². The van der Waals surface area contributed by atoms with Gasteiger partial charge in [0.05, 0.1) is 6.42 Å². The van der Waals surface area contributed by atoms with Gasteiger partial charge in [0, 0.05) is 26.3 Å². The van der Waals surface area contributed by atoms with Crippen molar-refractivity contribution in [2.24, 2.45) is 0 Å². The molecular formula is C12H14F3N3O3. The van der Waals surface area contributed by atoms with Crippen LogP contribution >= 0.6 is 0 Å². The van der Waals surface area contributed by atoms with Crippen molar-refractivity contribution < 1.29 is 27.9 Å². The van der Waals surface area contributed by atoms with Crippen molar-refractivity contribution >= 4 is 12.0 Å². The van der Waals surface area contributed by atoms with Crippen LogP contribution in [0, 0.1) is 0 Å². The SMILES string of the molecule is CN(CCC(F)(F)F)C(=O)NCc1ccc(C(=O)O)nc1. The number of carbonyl (C=O) groups excluding carboxylic acids is 1. The number of aromatic carboxylic acids is 1. The smallest absolute Gasteiger partial charge is 0.390 e. The Morgan fingerprint density at radius 1 is 1.38 bits per heavy atom. The van der Waals surface area contributed by atoms with E-state index in [0.29, 0.717) is 5.56 Å². The molecule has 1 aromatic rings. The molecule has 116 valence electrons. The molecule has 2 N–H and O–H groups in total. The molecule has 0 radical (unpaired) electrons. The fourth-order valence-corrected chi connectivity index (χ4v) is 1.36. The summed E-state index contributed by atoms with van der Waals surface area (Å²) >= 11 is 0. The first-order valence-electron chi connectivity index (χ1n) is 5.93. The topological polar surface area (TPSA) is 82.5 Å². The van der Waals surface area contributed by atoms with Gasteiger partial charge >= 0.3 is 18.2 Å². The summed E-state index contributed by atoms with van der Waals surface area (Å²) in [5.74, 6) is -1.17. The van der Waals surface area contributed by atoms with Crippen LogP contribution in [0.25, 0.3) is 0 Å². The minimum Gasteiger partial charge on any atom is -0.477 e. The van der Waals surface area contributed by atoms with Crippen molar-refractivity contribution in [3.8, 4) is 0 Å². The Balaban J connectivity index is 2.43. The van der Waals surface area contributed by atoms with Crippen molar-refractivity contribution in [2.75, 3.05) is 13.6 Å². The van der Waals surface area contributed by atoms with Crippen LogP contribution in [-0.4, -0.2) is 46.8 Å². The predicted molar refractivity (Wildman–Crippen MR) is 66.7 cm³/mol. The lowest BCUT2D eigenvalue weighted by atomic mass is 10.2. The van der Waals surface area contributed by atoms with E-state index in [1.807, 2.05) is 0 Å². The highest BCUT2D eigenvalue weighted by Gasteiger charge is 2.27. The van der Waals surface area contributed by atoms with Gasteiger partial charge in [0.25, 0.3) is 0 Å². The molecule has 6 nitrogen and oxygen atoms in total. The van der Waals surface area contributed by atoms with E-state index in [0.717, 1.165) is 4.90 Å². The van der Waals surface area contributed by atoms with Gasteiger partial charge in [-0.25, -0.2) is 14.6 Å². The molecule has 9 heteroatoms. The van der Waals surface area contributed by atoms with Gasteiger partial charge in [-0.05, 0) is 11.6 Å². The van der Waals surface area contributed by atoms with Crippen LogP contribution in [0.4, 0.5) is 18.0 Å². The number of hydrogen-bond donors (Lipinski definition) is 2. The molecule has 0 saturated heterocycles. The Hall–Kier alpha value is -2.32. The van der Waals surface area contributed by atoms with Gasteiger partial charge in [-0.15, -0.1) is 0 Å². The first-order chi connectivity index (χ1) is 9.69. The number of hydrogen-bond acceptors (Lipinski definition) is 3. The molecule has 0 aliphatic carbocycles. The molecule has 0 spiro atoms. The van der Waals surface area contributed by atoms with E-state index in [-0.39, 0.29) is 12.2 Å². The number of carbonyl (C=O) groups is 2. The Kier molecular flexibility index (Phi) is 5.51. The molecule has 0 atom stereocenters. The summed E-state index contributed by atoms with van der Waals surface area (Å²) in [5, 5.41) is 11.1. The van der Waals surface area contributed by atoms with Crippen LogP contribution in [0.15, 0.2) is 18.3 Å². The summed E-state index contributed by atoms with van der Waals surface area (Å²) in [7, 11) is 1.26.